The van der Waals surface area contributed by atoms with Gasteiger partial charge in [0.2, 0.25) is 0 Å². The Kier molecular flexibility index (Phi) is 4.81. The molecule has 1 aromatic carbocycles. The van der Waals surface area contributed by atoms with Crippen LogP contribution in [0.5, 0.6) is 0 Å². The summed E-state index contributed by atoms with van der Waals surface area (Å²) in [6, 6.07) is 5.11. The molecule has 0 unspecified atom stereocenters. The van der Waals surface area contributed by atoms with Crippen LogP contribution in [0.15, 0.2) is 18.2 Å². The molecule has 0 spiro atoms. The molecule has 1 aliphatic heterocycles. The first-order valence-electron chi connectivity index (χ1n) is 7.42. The zero-order valence-corrected chi connectivity index (χ0v) is 12.0. The Morgan fingerprint density at radius 2 is 2.05 bits per heavy atom. The van der Waals surface area contributed by atoms with Gasteiger partial charge in [-0.1, -0.05) is 31.9 Å². The van der Waals surface area contributed by atoms with Gasteiger partial charge in [0, 0.05) is 19.1 Å². The molecule has 1 saturated heterocycles. The Morgan fingerprint density at radius 1 is 1.37 bits per heavy atom. The summed E-state index contributed by atoms with van der Waals surface area (Å²) in [4.78, 5) is 2.18. The summed E-state index contributed by atoms with van der Waals surface area (Å²) in [6.07, 6.45) is 4.88. The fraction of sp³-hybridized carbons (Fsp3) is 0.625. The van der Waals surface area contributed by atoms with E-state index in [1.54, 1.807) is 12.1 Å². The number of halogens is 1. The van der Waals surface area contributed by atoms with Gasteiger partial charge < -0.3 is 10.6 Å². The first kappa shape index (κ1) is 14.3. The molecule has 0 aromatic heterocycles. The van der Waals surface area contributed by atoms with E-state index < -0.39 is 0 Å². The number of piperidine rings is 1. The van der Waals surface area contributed by atoms with Crippen LogP contribution >= 0.6 is 0 Å². The smallest absolute Gasteiger partial charge is 0.146 e. The zero-order valence-electron chi connectivity index (χ0n) is 12.0. The van der Waals surface area contributed by atoms with Crippen LogP contribution in [0.4, 0.5) is 10.1 Å². The van der Waals surface area contributed by atoms with Crippen LogP contribution in [-0.2, 0) is 0 Å². The molecule has 1 aromatic rings. The molecule has 2 N–H and O–H groups in total. The van der Waals surface area contributed by atoms with E-state index in [2.05, 4.69) is 11.8 Å². The van der Waals surface area contributed by atoms with Crippen LogP contribution in [0.2, 0.25) is 0 Å². The van der Waals surface area contributed by atoms with E-state index in [1.807, 2.05) is 13.0 Å². The number of anilines is 1. The molecule has 1 heterocycles. The van der Waals surface area contributed by atoms with Crippen LogP contribution < -0.4 is 10.6 Å². The molecule has 0 radical (unpaired) electrons. The van der Waals surface area contributed by atoms with Gasteiger partial charge in [0.1, 0.15) is 5.82 Å². The van der Waals surface area contributed by atoms with Crippen LogP contribution in [0.25, 0.3) is 0 Å². The largest absolute Gasteiger partial charge is 0.369 e. The maximum atomic E-state index is 14.1. The number of nitrogens with two attached hydrogens (primary N) is 1. The van der Waals surface area contributed by atoms with E-state index in [4.69, 9.17) is 5.73 Å². The summed E-state index contributed by atoms with van der Waals surface area (Å²) >= 11 is 0. The van der Waals surface area contributed by atoms with Crippen molar-refractivity contribution in [1.29, 1.82) is 0 Å². The van der Waals surface area contributed by atoms with Crippen molar-refractivity contribution in [2.75, 3.05) is 18.0 Å². The maximum Gasteiger partial charge on any atom is 0.146 e. The highest BCUT2D eigenvalue weighted by Crippen LogP contribution is 2.32. The minimum atomic E-state index is -0.135. The lowest BCUT2D eigenvalue weighted by Crippen LogP contribution is -2.35. The molecular weight excluding hydrogens is 239 g/mol. The first-order chi connectivity index (χ1) is 9.13. The number of hydrogen-bond donors (Lipinski definition) is 1. The Bertz CT molecular complexity index is 409. The van der Waals surface area contributed by atoms with Gasteiger partial charge in [-0.3, -0.25) is 0 Å². The van der Waals surface area contributed by atoms with Crippen LogP contribution in [0.1, 0.15) is 51.1 Å². The molecule has 0 saturated carbocycles. The van der Waals surface area contributed by atoms with E-state index >= 15 is 0 Å². The van der Waals surface area contributed by atoms with Gasteiger partial charge in [-0.2, -0.15) is 0 Å². The van der Waals surface area contributed by atoms with E-state index in [0.717, 1.165) is 30.3 Å². The maximum absolute atomic E-state index is 14.1. The normalized spacial score (nSPS) is 18.6. The Balaban J connectivity index is 2.15. The second kappa shape index (κ2) is 6.38. The molecule has 3 heteroatoms. The van der Waals surface area contributed by atoms with E-state index in [1.165, 1.54) is 25.7 Å². The lowest BCUT2D eigenvalue weighted by Gasteiger charge is -2.35. The predicted molar refractivity (Wildman–Crippen MR) is 78.8 cm³/mol. The van der Waals surface area contributed by atoms with Crippen LogP contribution in [0, 0.1) is 11.7 Å². The van der Waals surface area contributed by atoms with Gasteiger partial charge in [-0.25, -0.2) is 4.39 Å². The summed E-state index contributed by atoms with van der Waals surface area (Å²) < 4.78 is 14.1. The molecule has 0 bridgehead atoms. The Hall–Kier alpha value is -1.09. The van der Waals surface area contributed by atoms with Gasteiger partial charge in [0.25, 0.3) is 0 Å². The fourth-order valence-electron chi connectivity index (χ4n) is 3.09. The summed E-state index contributed by atoms with van der Waals surface area (Å²) in [5, 5.41) is 0. The van der Waals surface area contributed by atoms with Crippen LogP contribution in [0.3, 0.4) is 0 Å². The molecule has 1 atom stereocenters. The molecule has 2 rings (SSSR count). The number of para-hydroxylation sites is 1. The molecular formula is C16H25FN2. The van der Waals surface area contributed by atoms with E-state index in [0.29, 0.717) is 0 Å². The number of nitrogens with zero attached hydrogens (tertiary/aromatic N) is 1. The van der Waals surface area contributed by atoms with Crippen molar-refractivity contribution in [3.63, 3.8) is 0 Å². The third-order valence-corrected chi connectivity index (χ3v) is 4.14. The van der Waals surface area contributed by atoms with Crippen molar-refractivity contribution in [3.05, 3.63) is 29.6 Å². The highest BCUT2D eigenvalue weighted by Gasteiger charge is 2.23. The third-order valence-electron chi connectivity index (χ3n) is 4.14. The first-order valence-corrected chi connectivity index (χ1v) is 7.42. The molecule has 1 fully saturated rings. The lowest BCUT2D eigenvalue weighted by atomic mass is 9.91. The fourth-order valence-corrected chi connectivity index (χ4v) is 3.09. The molecule has 0 aliphatic carbocycles. The van der Waals surface area contributed by atoms with Crippen molar-refractivity contribution >= 4 is 5.69 Å². The summed E-state index contributed by atoms with van der Waals surface area (Å²) in [5.41, 5.74) is 7.63. The monoisotopic (exact) mass is 264 g/mol. The number of benzene rings is 1. The topological polar surface area (TPSA) is 29.3 Å². The molecule has 106 valence electrons. The van der Waals surface area contributed by atoms with Crippen molar-refractivity contribution in [1.82, 2.24) is 0 Å². The summed E-state index contributed by atoms with van der Waals surface area (Å²) in [7, 11) is 0. The highest BCUT2D eigenvalue weighted by molar-refractivity contribution is 5.56. The van der Waals surface area contributed by atoms with Gasteiger partial charge in [-0.15, -0.1) is 0 Å². The minimum Gasteiger partial charge on any atom is -0.369 e. The van der Waals surface area contributed by atoms with Gasteiger partial charge >= 0.3 is 0 Å². The molecule has 0 amide bonds. The van der Waals surface area contributed by atoms with Gasteiger partial charge in [-0.05, 0) is 37.3 Å². The van der Waals surface area contributed by atoms with Crippen molar-refractivity contribution in [3.8, 4) is 0 Å². The van der Waals surface area contributed by atoms with Crippen molar-refractivity contribution in [2.45, 2.75) is 45.6 Å². The predicted octanol–water partition coefficient (Wildman–Crippen LogP) is 3.86. The molecule has 19 heavy (non-hydrogen) atoms. The quantitative estimate of drug-likeness (QED) is 0.894. The van der Waals surface area contributed by atoms with E-state index in [9.17, 15) is 4.39 Å². The SMILES string of the molecule is CCCC1CCN(c2c(F)cccc2[C@H](C)N)CC1. The van der Waals surface area contributed by atoms with Crippen molar-refractivity contribution < 1.29 is 4.39 Å². The number of rotatable bonds is 4. The second-order valence-electron chi connectivity index (χ2n) is 5.69. The zero-order chi connectivity index (χ0) is 13.8. The van der Waals surface area contributed by atoms with Gasteiger partial charge in [0.05, 0.1) is 5.69 Å². The minimum absolute atomic E-state index is 0.126. The average molecular weight is 264 g/mol. The number of hydrogen-bond acceptors (Lipinski definition) is 2. The van der Waals surface area contributed by atoms with Gasteiger partial charge in [0.15, 0.2) is 0 Å². The van der Waals surface area contributed by atoms with Crippen molar-refractivity contribution in [2.24, 2.45) is 11.7 Å². The summed E-state index contributed by atoms with van der Waals surface area (Å²) in [6.45, 7) is 6.05. The second-order valence-corrected chi connectivity index (χ2v) is 5.69. The lowest BCUT2D eigenvalue weighted by molar-refractivity contribution is 0.376. The Labute approximate surface area is 115 Å². The third kappa shape index (κ3) is 3.27. The van der Waals surface area contributed by atoms with Crippen LogP contribution in [-0.4, -0.2) is 13.1 Å². The Morgan fingerprint density at radius 3 is 2.63 bits per heavy atom. The molecule has 1 aliphatic rings. The molecule has 2 nitrogen and oxygen atoms in total. The summed E-state index contributed by atoms with van der Waals surface area (Å²) in [5.74, 6) is 0.676. The average Bonchev–Trinajstić information content (AvgIpc) is 2.40. The highest BCUT2D eigenvalue weighted by atomic mass is 19.1. The van der Waals surface area contributed by atoms with E-state index in [-0.39, 0.29) is 11.9 Å². The standard InChI is InChI=1S/C16H25FN2/c1-3-5-13-8-10-19(11-9-13)16-14(12(2)18)6-4-7-15(16)17/h4,6-7,12-13H,3,5,8-11,18H2,1-2H3/t12-/m0/s1.